The summed E-state index contributed by atoms with van der Waals surface area (Å²) < 4.78 is 1.76. The summed E-state index contributed by atoms with van der Waals surface area (Å²) in [6.07, 6.45) is 0.909. The van der Waals surface area contributed by atoms with Crippen LogP contribution in [0.1, 0.15) is 5.56 Å². The summed E-state index contributed by atoms with van der Waals surface area (Å²) in [5.41, 5.74) is 6.32. The van der Waals surface area contributed by atoms with E-state index in [0.717, 1.165) is 39.7 Å². The Labute approximate surface area is 141 Å². The number of nitrogens with zero attached hydrogens (tertiary/aromatic N) is 1. The Hall–Kier alpha value is -3.13. The number of aryl methyl sites for hydroxylation is 1. The predicted octanol–water partition coefficient (Wildman–Crippen LogP) is 5.32. The van der Waals surface area contributed by atoms with Gasteiger partial charge in [-0.1, -0.05) is 72.3 Å². The third-order valence-electron chi connectivity index (χ3n) is 4.37. The van der Waals surface area contributed by atoms with Crippen LogP contribution in [0.25, 0.3) is 33.3 Å². The molecule has 1 aromatic heterocycles. The van der Waals surface area contributed by atoms with E-state index in [9.17, 15) is 4.79 Å². The van der Waals surface area contributed by atoms with Gasteiger partial charge in [-0.2, -0.15) is 0 Å². The van der Waals surface area contributed by atoms with Gasteiger partial charge >= 0.3 is 0 Å². The first-order valence-corrected chi connectivity index (χ1v) is 8.00. The van der Waals surface area contributed by atoms with Gasteiger partial charge in [-0.15, -0.1) is 0 Å². The minimum atomic E-state index is 0.909. The predicted molar refractivity (Wildman–Crippen MR) is 99.7 cm³/mol. The number of benzene rings is 3. The first kappa shape index (κ1) is 14.5. The summed E-state index contributed by atoms with van der Waals surface area (Å²) >= 11 is 0. The second-order valence-corrected chi connectivity index (χ2v) is 5.95. The Balaban J connectivity index is 2.18. The lowest BCUT2D eigenvalue weighted by atomic mass is 9.98. The van der Waals surface area contributed by atoms with E-state index in [1.54, 1.807) is 4.57 Å². The minimum Gasteiger partial charge on any atom is -0.282 e. The van der Waals surface area contributed by atoms with Crippen molar-refractivity contribution >= 4 is 17.3 Å². The van der Waals surface area contributed by atoms with Crippen LogP contribution in [0, 0.1) is 6.92 Å². The fourth-order valence-electron chi connectivity index (χ4n) is 3.31. The van der Waals surface area contributed by atoms with Gasteiger partial charge in [0, 0.05) is 10.9 Å². The highest BCUT2D eigenvalue weighted by molar-refractivity contribution is 6.07. The van der Waals surface area contributed by atoms with Gasteiger partial charge in [0.2, 0.25) is 6.41 Å². The molecular formula is C22H17NO. The molecule has 0 aliphatic heterocycles. The van der Waals surface area contributed by atoms with Crippen molar-refractivity contribution in [2.45, 2.75) is 6.92 Å². The van der Waals surface area contributed by atoms with E-state index >= 15 is 0 Å². The summed E-state index contributed by atoms with van der Waals surface area (Å²) in [7, 11) is 0. The average molecular weight is 311 g/mol. The molecule has 0 spiro atoms. The highest BCUT2D eigenvalue weighted by Crippen LogP contribution is 2.40. The first-order chi connectivity index (χ1) is 11.8. The molecule has 2 nitrogen and oxygen atoms in total. The van der Waals surface area contributed by atoms with Crippen molar-refractivity contribution in [1.29, 1.82) is 0 Å². The number of rotatable bonds is 3. The number of hydrogen-bond acceptors (Lipinski definition) is 1. The van der Waals surface area contributed by atoms with Crippen LogP contribution in [0.15, 0.2) is 78.9 Å². The monoisotopic (exact) mass is 311 g/mol. The molecular weight excluding hydrogens is 294 g/mol. The molecule has 0 N–H and O–H groups in total. The Bertz CT molecular complexity index is 1010. The van der Waals surface area contributed by atoms with E-state index in [1.165, 1.54) is 5.56 Å². The first-order valence-electron chi connectivity index (χ1n) is 8.00. The molecule has 0 atom stereocenters. The van der Waals surface area contributed by atoms with Gasteiger partial charge in [0.1, 0.15) is 0 Å². The summed E-state index contributed by atoms with van der Waals surface area (Å²) in [5, 5.41) is 1.10. The molecule has 1 heterocycles. The summed E-state index contributed by atoms with van der Waals surface area (Å²) in [5.74, 6) is 0. The molecule has 3 aromatic carbocycles. The molecule has 0 aliphatic carbocycles. The number of hydrogen-bond donors (Lipinski definition) is 0. The van der Waals surface area contributed by atoms with E-state index in [0.29, 0.717) is 0 Å². The molecule has 0 saturated carbocycles. The molecule has 2 heteroatoms. The smallest absolute Gasteiger partial charge is 0.218 e. The summed E-state index contributed by atoms with van der Waals surface area (Å²) in [6.45, 7) is 2.08. The Morgan fingerprint density at radius 3 is 2.04 bits per heavy atom. The zero-order valence-corrected chi connectivity index (χ0v) is 13.4. The molecule has 0 radical (unpaired) electrons. The van der Waals surface area contributed by atoms with Gasteiger partial charge in [-0.25, -0.2) is 0 Å². The number of carbonyl (C=O) groups is 1. The maximum atomic E-state index is 11.9. The second kappa shape index (κ2) is 5.82. The van der Waals surface area contributed by atoms with Crippen molar-refractivity contribution < 1.29 is 4.79 Å². The van der Waals surface area contributed by atoms with Gasteiger partial charge in [-0.3, -0.25) is 9.36 Å². The molecule has 116 valence electrons. The SMILES string of the molecule is Cc1ccc2c(c1)c(-c1ccccc1)c(-c1ccccc1)n2C=O. The fourth-order valence-corrected chi connectivity index (χ4v) is 3.31. The Kier molecular flexibility index (Phi) is 3.51. The zero-order valence-electron chi connectivity index (χ0n) is 13.4. The van der Waals surface area contributed by atoms with E-state index in [-0.39, 0.29) is 0 Å². The van der Waals surface area contributed by atoms with Gasteiger partial charge < -0.3 is 0 Å². The molecule has 24 heavy (non-hydrogen) atoms. The molecule has 0 amide bonds. The van der Waals surface area contributed by atoms with Gasteiger partial charge in [0.05, 0.1) is 11.2 Å². The van der Waals surface area contributed by atoms with Crippen LogP contribution in [-0.4, -0.2) is 11.0 Å². The number of carbonyl (C=O) groups excluding carboxylic acids is 1. The molecule has 4 aromatic rings. The highest BCUT2D eigenvalue weighted by atomic mass is 16.1. The largest absolute Gasteiger partial charge is 0.282 e. The molecule has 0 aliphatic rings. The topological polar surface area (TPSA) is 22.0 Å². The Morgan fingerprint density at radius 2 is 1.42 bits per heavy atom. The summed E-state index contributed by atoms with van der Waals surface area (Å²) in [4.78, 5) is 11.9. The van der Waals surface area contributed by atoms with Crippen molar-refractivity contribution in [2.24, 2.45) is 0 Å². The van der Waals surface area contributed by atoms with Crippen molar-refractivity contribution in [2.75, 3.05) is 0 Å². The van der Waals surface area contributed by atoms with Crippen LogP contribution in [0.3, 0.4) is 0 Å². The third-order valence-corrected chi connectivity index (χ3v) is 4.37. The fraction of sp³-hybridized carbons (Fsp3) is 0.0455. The van der Waals surface area contributed by atoms with E-state index < -0.39 is 0 Å². The van der Waals surface area contributed by atoms with E-state index in [2.05, 4.69) is 25.1 Å². The standard InChI is InChI=1S/C22H17NO/c1-16-12-13-20-19(14-16)21(17-8-4-2-5-9-17)22(23(20)15-24)18-10-6-3-7-11-18/h2-15H,1H3. The van der Waals surface area contributed by atoms with Crippen molar-refractivity contribution in [3.05, 3.63) is 84.4 Å². The van der Waals surface area contributed by atoms with Crippen molar-refractivity contribution in [3.63, 3.8) is 0 Å². The van der Waals surface area contributed by atoms with Gasteiger partial charge in [-0.05, 0) is 30.2 Å². The molecule has 0 fully saturated rings. The number of aromatic nitrogens is 1. The zero-order chi connectivity index (χ0) is 16.5. The van der Waals surface area contributed by atoms with Crippen LogP contribution in [0.2, 0.25) is 0 Å². The number of fused-ring (bicyclic) bond motifs is 1. The quantitative estimate of drug-likeness (QED) is 0.469. The second-order valence-electron chi connectivity index (χ2n) is 5.95. The minimum absolute atomic E-state index is 0.909. The van der Waals surface area contributed by atoms with Crippen molar-refractivity contribution in [1.82, 2.24) is 4.57 Å². The van der Waals surface area contributed by atoms with Gasteiger partial charge in [0.15, 0.2) is 0 Å². The van der Waals surface area contributed by atoms with Crippen LogP contribution in [-0.2, 0) is 4.79 Å². The average Bonchev–Trinajstić information content (AvgIpc) is 2.96. The van der Waals surface area contributed by atoms with E-state index in [1.807, 2.05) is 60.7 Å². The molecule has 4 rings (SSSR count). The summed E-state index contributed by atoms with van der Waals surface area (Å²) in [6, 6.07) is 26.6. The third kappa shape index (κ3) is 2.24. The van der Waals surface area contributed by atoms with Crippen LogP contribution < -0.4 is 0 Å². The molecule has 0 saturated heterocycles. The van der Waals surface area contributed by atoms with Gasteiger partial charge in [0.25, 0.3) is 0 Å². The normalized spacial score (nSPS) is 10.9. The van der Waals surface area contributed by atoms with Crippen LogP contribution >= 0.6 is 0 Å². The lowest BCUT2D eigenvalue weighted by molar-refractivity contribution is 0.549. The highest BCUT2D eigenvalue weighted by Gasteiger charge is 2.19. The Morgan fingerprint density at radius 1 is 0.792 bits per heavy atom. The maximum Gasteiger partial charge on any atom is 0.218 e. The molecule has 0 unspecified atom stereocenters. The van der Waals surface area contributed by atoms with Crippen LogP contribution in [0.4, 0.5) is 0 Å². The lowest BCUT2D eigenvalue weighted by Gasteiger charge is -2.08. The van der Waals surface area contributed by atoms with Crippen LogP contribution in [0.5, 0.6) is 0 Å². The lowest BCUT2D eigenvalue weighted by Crippen LogP contribution is -1.97. The maximum absolute atomic E-state index is 11.9. The van der Waals surface area contributed by atoms with E-state index in [4.69, 9.17) is 0 Å². The molecule has 0 bridgehead atoms. The van der Waals surface area contributed by atoms with Crippen molar-refractivity contribution in [3.8, 4) is 22.4 Å².